The molecule has 2 bridgehead atoms. The number of sulfone groups is 1. The number of amides is 1. The summed E-state index contributed by atoms with van der Waals surface area (Å²) in [6, 6.07) is 6.13. The van der Waals surface area contributed by atoms with Crippen LogP contribution in [0.15, 0.2) is 29.4 Å². The second kappa shape index (κ2) is 10.3. The Hall–Kier alpha value is -2.14. The van der Waals surface area contributed by atoms with Crippen LogP contribution in [-0.2, 0) is 21.2 Å². The van der Waals surface area contributed by atoms with Gasteiger partial charge in [0.15, 0.2) is 32.4 Å². The first-order valence-corrected chi connectivity index (χ1v) is 15.4. The lowest BCUT2D eigenvalue weighted by Gasteiger charge is -2.30. The highest BCUT2D eigenvalue weighted by Crippen LogP contribution is 2.52. The molecule has 3 fully saturated rings. The predicted molar refractivity (Wildman–Crippen MR) is 135 cm³/mol. The third kappa shape index (κ3) is 5.27. The minimum Gasteiger partial charge on any atom is -0.483 e. The maximum atomic E-state index is 14.1. The van der Waals surface area contributed by atoms with Crippen LogP contribution in [0.5, 0.6) is 5.75 Å². The Morgan fingerprint density at radius 3 is 2.72 bits per heavy atom. The van der Waals surface area contributed by atoms with E-state index in [1.807, 2.05) is 0 Å². The van der Waals surface area contributed by atoms with Gasteiger partial charge in [-0.05, 0) is 62.5 Å². The van der Waals surface area contributed by atoms with Crippen LogP contribution in [0.1, 0.15) is 50.9 Å². The van der Waals surface area contributed by atoms with Gasteiger partial charge in [0.05, 0.1) is 17.3 Å². The monoisotopic (exact) mass is 536 g/mol. The van der Waals surface area contributed by atoms with Crippen molar-refractivity contribution < 1.29 is 22.3 Å². The van der Waals surface area contributed by atoms with Crippen LogP contribution in [0, 0.1) is 23.6 Å². The third-order valence-electron chi connectivity index (χ3n) is 8.22. The van der Waals surface area contributed by atoms with Gasteiger partial charge in [-0.1, -0.05) is 30.3 Å². The Morgan fingerprint density at radius 1 is 1.25 bits per heavy atom. The van der Waals surface area contributed by atoms with Gasteiger partial charge in [-0.15, -0.1) is 10.2 Å². The fourth-order valence-electron chi connectivity index (χ4n) is 6.21. The largest absolute Gasteiger partial charge is 0.483 e. The summed E-state index contributed by atoms with van der Waals surface area (Å²) >= 11 is 1.31. The molecule has 2 heterocycles. The van der Waals surface area contributed by atoms with Gasteiger partial charge < -0.3 is 9.64 Å². The van der Waals surface area contributed by atoms with E-state index in [2.05, 4.69) is 21.7 Å². The number of ether oxygens (including phenoxy) is 1. The first-order chi connectivity index (χ1) is 17.2. The number of nitrogens with zero attached hydrogens (tertiary/aromatic N) is 4. The maximum absolute atomic E-state index is 14.1. The first-order valence-electron chi connectivity index (χ1n) is 12.6. The number of rotatable bonds is 9. The normalized spacial score (nSPS) is 27.3. The van der Waals surface area contributed by atoms with Gasteiger partial charge >= 0.3 is 0 Å². The van der Waals surface area contributed by atoms with E-state index in [4.69, 9.17) is 4.74 Å². The van der Waals surface area contributed by atoms with E-state index >= 15 is 0 Å². The van der Waals surface area contributed by atoms with Crippen LogP contribution in [0.3, 0.4) is 0 Å². The molecule has 5 rings (SSSR count). The number of thioether (sulfide) groups is 1. The Bertz CT molecular complexity index is 1220. The summed E-state index contributed by atoms with van der Waals surface area (Å²) in [7, 11) is -1.40. The highest BCUT2D eigenvalue weighted by molar-refractivity contribution is 7.99. The van der Waals surface area contributed by atoms with Crippen LogP contribution in [-0.4, -0.2) is 64.3 Å². The molecule has 3 aliphatic rings. The lowest BCUT2D eigenvalue weighted by Crippen LogP contribution is -2.38. The Labute approximate surface area is 215 Å². The summed E-state index contributed by atoms with van der Waals surface area (Å²) in [6.07, 6.45) is 5.48. The smallest absolute Gasteiger partial charge is 0.233 e. The van der Waals surface area contributed by atoms with E-state index in [0.29, 0.717) is 29.2 Å². The average Bonchev–Trinajstić information content (AvgIpc) is 3.65. The van der Waals surface area contributed by atoms with Crippen molar-refractivity contribution >= 4 is 27.5 Å². The van der Waals surface area contributed by atoms with E-state index in [1.54, 1.807) is 30.1 Å². The zero-order chi connectivity index (χ0) is 25.4. The van der Waals surface area contributed by atoms with E-state index < -0.39 is 15.7 Å². The van der Waals surface area contributed by atoms with Crippen molar-refractivity contribution in [1.29, 1.82) is 0 Å². The summed E-state index contributed by atoms with van der Waals surface area (Å²) in [6.45, 7) is 2.26. The molecule has 2 saturated carbocycles. The molecule has 5 atom stereocenters. The van der Waals surface area contributed by atoms with Crippen molar-refractivity contribution in [2.75, 3.05) is 24.3 Å². The molecule has 8 nitrogen and oxygen atoms in total. The van der Waals surface area contributed by atoms with Crippen molar-refractivity contribution in [2.45, 2.75) is 62.9 Å². The summed E-state index contributed by atoms with van der Waals surface area (Å²) in [5, 5.41) is 9.41. The molecule has 0 spiro atoms. The lowest BCUT2D eigenvalue weighted by atomic mass is 9.84. The molecule has 2 aromatic rings. The standard InChI is InChI=1S/C25H33FN4O4S2/c1-16(20-12-17-7-8-18(20)11-17)30-23(13-34-22-6-4-3-5-21(22)26)27-28-25(30)35-14-24(31)29(2)19-9-10-36(32,33)15-19/h3-6,16-20H,7-15H2,1-2H3/t16-,17-,18-,19-,20+/m1/s1. The van der Waals surface area contributed by atoms with Crippen LogP contribution in [0.2, 0.25) is 0 Å². The first kappa shape index (κ1) is 25.5. The summed E-state index contributed by atoms with van der Waals surface area (Å²) in [4.78, 5) is 14.5. The minimum absolute atomic E-state index is 0.0227. The quantitative estimate of drug-likeness (QED) is 0.451. The molecular weight excluding hydrogens is 503 g/mol. The lowest BCUT2D eigenvalue weighted by molar-refractivity contribution is -0.128. The molecule has 2 aliphatic carbocycles. The summed E-state index contributed by atoms with van der Waals surface area (Å²) in [5.41, 5.74) is 0. The number of benzene rings is 1. The highest BCUT2D eigenvalue weighted by atomic mass is 32.2. The number of halogens is 1. The number of aromatic nitrogens is 3. The van der Waals surface area contributed by atoms with E-state index in [9.17, 15) is 17.6 Å². The topological polar surface area (TPSA) is 94.4 Å². The zero-order valence-electron chi connectivity index (χ0n) is 20.7. The molecule has 11 heteroatoms. The molecule has 1 aromatic heterocycles. The molecular formula is C25H33FN4O4S2. The van der Waals surface area contributed by atoms with Crippen molar-refractivity contribution in [1.82, 2.24) is 19.7 Å². The van der Waals surface area contributed by atoms with Gasteiger partial charge in [0.2, 0.25) is 5.91 Å². The van der Waals surface area contributed by atoms with E-state index in [1.165, 1.54) is 43.5 Å². The van der Waals surface area contributed by atoms with Crippen LogP contribution in [0.4, 0.5) is 4.39 Å². The van der Waals surface area contributed by atoms with Gasteiger partial charge in [-0.25, -0.2) is 12.8 Å². The fraction of sp³-hybridized carbons (Fsp3) is 0.640. The fourth-order valence-corrected chi connectivity index (χ4v) is 8.95. The molecule has 0 radical (unpaired) electrons. The van der Waals surface area contributed by atoms with Gasteiger partial charge in [0.25, 0.3) is 0 Å². The van der Waals surface area contributed by atoms with E-state index in [-0.39, 0.29) is 47.6 Å². The average molecular weight is 537 g/mol. The SMILES string of the molecule is C[C@H]([C@@H]1C[C@@H]2CC[C@@H]1C2)n1c(COc2ccccc2F)nnc1SCC(=O)N(C)[C@@H]1CCS(=O)(=O)C1. The number of carbonyl (C=O) groups is 1. The van der Waals surface area contributed by atoms with Crippen molar-refractivity contribution in [2.24, 2.45) is 17.8 Å². The number of fused-ring (bicyclic) bond motifs is 2. The van der Waals surface area contributed by atoms with Gasteiger partial charge in [-0.2, -0.15) is 0 Å². The van der Waals surface area contributed by atoms with Crippen molar-refractivity contribution in [3.63, 3.8) is 0 Å². The molecule has 1 saturated heterocycles. The third-order valence-corrected chi connectivity index (χ3v) is 10.9. The second-order valence-corrected chi connectivity index (χ2v) is 13.6. The predicted octanol–water partition coefficient (Wildman–Crippen LogP) is 3.73. The van der Waals surface area contributed by atoms with Crippen LogP contribution in [0.25, 0.3) is 0 Å². The molecule has 1 aliphatic heterocycles. The van der Waals surface area contributed by atoms with Crippen molar-refractivity contribution in [3.8, 4) is 5.75 Å². The minimum atomic E-state index is -3.07. The van der Waals surface area contributed by atoms with Crippen molar-refractivity contribution in [3.05, 3.63) is 35.9 Å². The molecule has 0 N–H and O–H groups in total. The van der Waals surface area contributed by atoms with Gasteiger partial charge in [0.1, 0.15) is 6.61 Å². The molecule has 1 aromatic carbocycles. The van der Waals surface area contributed by atoms with E-state index in [0.717, 1.165) is 5.92 Å². The highest BCUT2D eigenvalue weighted by Gasteiger charge is 2.43. The Kier molecular flexibility index (Phi) is 7.31. The summed E-state index contributed by atoms with van der Waals surface area (Å²) < 4.78 is 45.6. The van der Waals surface area contributed by atoms with Crippen LogP contribution >= 0.6 is 11.8 Å². The number of hydrogen-bond acceptors (Lipinski definition) is 7. The molecule has 1 amide bonds. The number of para-hydroxylation sites is 1. The maximum Gasteiger partial charge on any atom is 0.233 e. The Morgan fingerprint density at radius 2 is 2.06 bits per heavy atom. The molecule has 0 unspecified atom stereocenters. The Balaban J connectivity index is 1.32. The second-order valence-electron chi connectivity index (χ2n) is 10.4. The zero-order valence-corrected chi connectivity index (χ0v) is 22.3. The molecule has 196 valence electrons. The van der Waals surface area contributed by atoms with Gasteiger partial charge in [-0.3, -0.25) is 9.36 Å². The molecule has 36 heavy (non-hydrogen) atoms. The van der Waals surface area contributed by atoms with Gasteiger partial charge in [0, 0.05) is 19.1 Å². The van der Waals surface area contributed by atoms with Crippen LogP contribution < -0.4 is 4.74 Å². The number of carbonyl (C=O) groups excluding carboxylic acids is 1. The number of hydrogen-bond donors (Lipinski definition) is 0. The summed E-state index contributed by atoms with van der Waals surface area (Å²) in [5.74, 6) is 2.48.